The number of aliphatic imine (C=N–C) groups is 1. The molecular formula is C33H44Cl2N2O3. The number of carboxylic acid groups (broad SMARTS) is 1. The van der Waals surface area contributed by atoms with Gasteiger partial charge in [-0.25, -0.2) is 4.79 Å². The minimum Gasteiger partial charge on any atom is -0.478 e. The molecule has 1 aliphatic rings. The van der Waals surface area contributed by atoms with Crippen LogP contribution in [0.15, 0.2) is 47.5 Å². The van der Waals surface area contributed by atoms with E-state index >= 15 is 0 Å². The fraction of sp³-hybridized carbons (Fsp3) is 0.545. The molecule has 1 heterocycles. The molecule has 2 aromatic rings. The summed E-state index contributed by atoms with van der Waals surface area (Å²) in [5.41, 5.74) is 1.52. The average Bonchev–Trinajstić information content (AvgIpc) is 3.14. The van der Waals surface area contributed by atoms with Crippen LogP contribution in [0.5, 0.6) is 0 Å². The van der Waals surface area contributed by atoms with E-state index < -0.39 is 11.6 Å². The van der Waals surface area contributed by atoms with Crippen molar-refractivity contribution in [2.45, 2.75) is 99.2 Å². The Balaban J connectivity index is 2.18. The quantitative estimate of drug-likeness (QED) is 0.301. The lowest BCUT2D eigenvalue weighted by atomic mass is 9.77. The van der Waals surface area contributed by atoms with Crippen LogP contribution in [-0.2, 0) is 4.79 Å². The largest absolute Gasteiger partial charge is 0.478 e. The highest BCUT2D eigenvalue weighted by Gasteiger charge is 2.49. The molecular weight excluding hydrogens is 543 g/mol. The second-order valence-corrected chi connectivity index (χ2v) is 14.4. The Labute approximate surface area is 250 Å². The third-order valence-corrected chi connectivity index (χ3v) is 8.81. The fourth-order valence-electron chi connectivity index (χ4n) is 5.27. The number of hydrogen-bond acceptors (Lipinski definition) is 3. The van der Waals surface area contributed by atoms with Gasteiger partial charge in [-0.1, -0.05) is 90.7 Å². The first-order valence-electron chi connectivity index (χ1n) is 14.2. The number of carbonyl (C=O) groups excluding carboxylic acids is 1. The molecule has 0 saturated heterocycles. The Morgan fingerprint density at radius 2 is 1.57 bits per heavy atom. The second-order valence-electron chi connectivity index (χ2n) is 13.5. The van der Waals surface area contributed by atoms with Crippen LogP contribution >= 0.6 is 23.2 Å². The van der Waals surface area contributed by atoms with Gasteiger partial charge in [0.15, 0.2) is 0 Å². The zero-order valence-corrected chi connectivity index (χ0v) is 26.7. The summed E-state index contributed by atoms with van der Waals surface area (Å²) in [6, 6.07) is 11.8. The van der Waals surface area contributed by atoms with Gasteiger partial charge in [-0.3, -0.25) is 9.79 Å². The molecule has 2 aromatic carbocycles. The minimum atomic E-state index is -0.974. The number of carboxylic acids is 1. The second kappa shape index (κ2) is 12.2. The van der Waals surface area contributed by atoms with Crippen molar-refractivity contribution >= 4 is 40.8 Å². The Hall–Kier alpha value is -2.37. The van der Waals surface area contributed by atoms with Crippen molar-refractivity contribution in [3.8, 4) is 0 Å². The van der Waals surface area contributed by atoms with Gasteiger partial charge >= 0.3 is 5.97 Å². The lowest BCUT2D eigenvalue weighted by molar-refractivity contribution is -0.132. The van der Waals surface area contributed by atoms with Gasteiger partial charge < -0.3 is 10.0 Å². The van der Waals surface area contributed by atoms with Gasteiger partial charge in [0.25, 0.3) is 5.91 Å². The van der Waals surface area contributed by atoms with Crippen LogP contribution in [0.1, 0.15) is 115 Å². The van der Waals surface area contributed by atoms with E-state index in [2.05, 4.69) is 55.4 Å². The normalized spacial score (nSPS) is 19.5. The summed E-state index contributed by atoms with van der Waals surface area (Å²) in [5, 5.41) is 10.4. The van der Waals surface area contributed by atoms with Gasteiger partial charge in [0.05, 0.1) is 11.6 Å². The Bertz CT molecular complexity index is 1240. The summed E-state index contributed by atoms with van der Waals surface area (Å²) in [4.78, 5) is 33.3. The van der Waals surface area contributed by atoms with Gasteiger partial charge in [0.2, 0.25) is 0 Å². The van der Waals surface area contributed by atoms with Crippen LogP contribution in [0, 0.1) is 16.7 Å². The minimum absolute atomic E-state index is 0.0435. The highest BCUT2D eigenvalue weighted by Crippen LogP contribution is 2.45. The summed E-state index contributed by atoms with van der Waals surface area (Å²) in [7, 11) is 0. The molecule has 0 bridgehead atoms. The van der Waals surface area contributed by atoms with E-state index in [4.69, 9.17) is 28.2 Å². The first kappa shape index (κ1) is 32.1. The Morgan fingerprint density at radius 3 is 2.05 bits per heavy atom. The maximum Gasteiger partial charge on any atom is 0.335 e. The molecule has 0 radical (unpaired) electrons. The predicted octanol–water partition coefficient (Wildman–Crippen LogP) is 9.46. The van der Waals surface area contributed by atoms with Crippen LogP contribution < -0.4 is 0 Å². The lowest BCUT2D eigenvalue weighted by Crippen LogP contribution is -2.49. The fourth-order valence-corrected chi connectivity index (χ4v) is 5.79. The van der Waals surface area contributed by atoms with Gasteiger partial charge in [0, 0.05) is 15.6 Å². The van der Waals surface area contributed by atoms with Crippen molar-refractivity contribution in [3.05, 3.63) is 69.2 Å². The van der Waals surface area contributed by atoms with Crippen molar-refractivity contribution in [1.82, 2.24) is 4.90 Å². The van der Waals surface area contributed by atoms with Crippen molar-refractivity contribution in [3.63, 3.8) is 0 Å². The van der Waals surface area contributed by atoms with Gasteiger partial charge in [-0.05, 0) is 84.7 Å². The van der Waals surface area contributed by atoms with Crippen LogP contribution in [0.25, 0.3) is 0 Å². The van der Waals surface area contributed by atoms with Gasteiger partial charge in [-0.15, -0.1) is 0 Å². The third kappa shape index (κ3) is 7.47. The number of halogens is 2. The van der Waals surface area contributed by atoms with E-state index in [0.717, 1.165) is 24.8 Å². The average molecular weight is 588 g/mol. The van der Waals surface area contributed by atoms with Gasteiger partial charge in [0.1, 0.15) is 11.4 Å². The number of aromatic carboxylic acids is 1. The summed E-state index contributed by atoms with van der Waals surface area (Å²) in [6.45, 7) is 17.7. The highest BCUT2D eigenvalue weighted by atomic mass is 35.5. The molecule has 3 unspecified atom stereocenters. The van der Waals surface area contributed by atoms with Crippen LogP contribution in [-0.4, -0.2) is 33.3 Å². The molecule has 1 N–H and O–H groups in total. The monoisotopic (exact) mass is 586 g/mol. The smallest absolute Gasteiger partial charge is 0.335 e. The number of carbonyl (C=O) groups is 2. The van der Waals surface area contributed by atoms with Crippen LogP contribution in [0.2, 0.25) is 10.0 Å². The van der Waals surface area contributed by atoms with Crippen molar-refractivity contribution in [2.24, 2.45) is 21.7 Å². The van der Waals surface area contributed by atoms with E-state index in [1.807, 2.05) is 17.0 Å². The van der Waals surface area contributed by atoms with Crippen LogP contribution in [0.3, 0.4) is 0 Å². The topological polar surface area (TPSA) is 70.0 Å². The highest BCUT2D eigenvalue weighted by molar-refractivity contribution is 6.47. The molecule has 7 heteroatoms. The van der Waals surface area contributed by atoms with Crippen molar-refractivity contribution in [2.75, 3.05) is 0 Å². The van der Waals surface area contributed by atoms with Crippen molar-refractivity contribution in [1.29, 1.82) is 0 Å². The number of hydrogen-bond donors (Lipinski definition) is 1. The molecule has 40 heavy (non-hydrogen) atoms. The number of nitrogens with zero attached hydrogens (tertiary/aromatic N) is 2. The molecule has 3 atom stereocenters. The first-order chi connectivity index (χ1) is 18.5. The lowest BCUT2D eigenvalue weighted by Gasteiger charge is -2.43. The third-order valence-electron chi connectivity index (χ3n) is 8.37. The van der Waals surface area contributed by atoms with Crippen molar-refractivity contribution < 1.29 is 14.7 Å². The summed E-state index contributed by atoms with van der Waals surface area (Å²) in [6.07, 6.45) is 3.85. The molecule has 0 aliphatic carbocycles. The van der Waals surface area contributed by atoms with E-state index in [-0.39, 0.29) is 28.3 Å². The maximum absolute atomic E-state index is 14.5. The molecule has 0 aromatic heterocycles. The Morgan fingerprint density at radius 1 is 1.00 bits per heavy atom. The summed E-state index contributed by atoms with van der Waals surface area (Å²) < 4.78 is 0. The Kier molecular flexibility index (Phi) is 9.84. The van der Waals surface area contributed by atoms with E-state index in [1.165, 1.54) is 0 Å². The summed E-state index contributed by atoms with van der Waals surface area (Å²) >= 11 is 12.7. The molecule has 218 valence electrons. The molecule has 0 fully saturated rings. The van der Waals surface area contributed by atoms with E-state index in [0.29, 0.717) is 40.1 Å². The standard InChI is InChI=1S/C33H44Cl2N2O3/c1-9-33(17-14-21(2)32(6,7)8)36-28(24-18-25(34)20-26(35)19-24)29(38)37(33)27(15-16-31(3,4)5)22-10-12-23(13-11-22)30(39)40/h10-13,18-21,27H,9,14-17H2,1-8H3,(H,39,40). The zero-order valence-electron chi connectivity index (χ0n) is 25.1. The van der Waals surface area contributed by atoms with E-state index in [1.54, 1.807) is 30.3 Å². The predicted molar refractivity (Wildman–Crippen MR) is 166 cm³/mol. The first-order valence-corrected chi connectivity index (χ1v) is 15.0. The zero-order chi connectivity index (χ0) is 30.0. The van der Waals surface area contributed by atoms with Gasteiger partial charge in [-0.2, -0.15) is 0 Å². The molecule has 0 saturated carbocycles. The molecule has 1 amide bonds. The maximum atomic E-state index is 14.5. The summed E-state index contributed by atoms with van der Waals surface area (Å²) in [5.74, 6) is -0.710. The molecule has 5 nitrogen and oxygen atoms in total. The number of rotatable bonds is 10. The number of amides is 1. The molecule has 0 spiro atoms. The SMILES string of the molecule is CCC1(CCC(C)C(C)(C)C)N=C(c2cc(Cl)cc(Cl)c2)C(=O)N1C(CCC(C)(C)C)c1ccc(C(=O)O)cc1. The van der Waals surface area contributed by atoms with Crippen LogP contribution in [0.4, 0.5) is 0 Å². The van der Waals surface area contributed by atoms with E-state index in [9.17, 15) is 14.7 Å². The number of benzene rings is 2. The molecule has 3 rings (SSSR count). The molecule has 1 aliphatic heterocycles.